The minimum absolute atomic E-state index is 0.211. The highest BCUT2D eigenvalue weighted by molar-refractivity contribution is 7.22. The third-order valence-corrected chi connectivity index (χ3v) is 6.27. The number of rotatable bonds is 4. The van der Waals surface area contributed by atoms with Crippen LogP contribution in [0.2, 0.25) is 5.02 Å². The summed E-state index contributed by atoms with van der Waals surface area (Å²) in [5, 5.41) is 7.40. The van der Waals surface area contributed by atoms with Gasteiger partial charge in [0.2, 0.25) is 0 Å². The molecule has 0 bridgehead atoms. The van der Waals surface area contributed by atoms with Gasteiger partial charge in [-0.25, -0.2) is 9.78 Å². The van der Waals surface area contributed by atoms with Gasteiger partial charge >= 0.3 is 6.03 Å². The smallest absolute Gasteiger partial charge is 0.319 e. The monoisotopic (exact) mass is 400 g/mol. The van der Waals surface area contributed by atoms with E-state index in [0.29, 0.717) is 23.2 Å². The topological polar surface area (TPSA) is 57.3 Å². The Morgan fingerprint density at radius 2 is 1.89 bits per heavy atom. The molecule has 0 saturated carbocycles. The maximum absolute atomic E-state index is 12.1. The molecule has 1 aromatic heterocycles. The Balaban J connectivity index is 1.26. The number of amides is 2. The number of nitrogens with one attached hydrogen (secondary N) is 2. The molecule has 140 valence electrons. The average Bonchev–Trinajstić information content (AvgIpc) is 3.13. The first-order chi connectivity index (χ1) is 13.2. The van der Waals surface area contributed by atoms with Crippen LogP contribution in [-0.2, 0) is 0 Å². The number of hydrogen-bond acceptors (Lipinski definition) is 4. The molecule has 2 N–H and O–H groups in total. The van der Waals surface area contributed by atoms with Crippen LogP contribution in [0.4, 0.5) is 15.6 Å². The SMILES string of the molecule is O=C(NCC1CCN(c2nc3ccccc3s2)CC1)Nc1ccccc1Cl. The first kappa shape index (κ1) is 18.1. The summed E-state index contributed by atoms with van der Waals surface area (Å²) < 4.78 is 1.23. The van der Waals surface area contributed by atoms with Crippen molar-refractivity contribution in [3.05, 3.63) is 53.6 Å². The normalized spacial score (nSPS) is 15.1. The molecule has 0 atom stereocenters. The average molecular weight is 401 g/mol. The fourth-order valence-electron chi connectivity index (χ4n) is 3.29. The van der Waals surface area contributed by atoms with Crippen LogP contribution in [0, 0.1) is 5.92 Å². The molecule has 0 spiro atoms. The van der Waals surface area contributed by atoms with Gasteiger partial charge in [-0.05, 0) is 43.0 Å². The van der Waals surface area contributed by atoms with Crippen molar-refractivity contribution < 1.29 is 4.79 Å². The predicted molar refractivity (Wildman–Crippen MR) is 113 cm³/mol. The number of thiazole rings is 1. The highest BCUT2D eigenvalue weighted by Gasteiger charge is 2.22. The van der Waals surface area contributed by atoms with E-state index in [2.05, 4.69) is 33.7 Å². The van der Waals surface area contributed by atoms with Crippen molar-refractivity contribution >= 4 is 50.0 Å². The number of nitrogens with zero attached hydrogens (tertiary/aromatic N) is 2. The summed E-state index contributed by atoms with van der Waals surface area (Å²) in [4.78, 5) is 19.2. The summed E-state index contributed by atoms with van der Waals surface area (Å²) in [6.45, 7) is 2.61. The summed E-state index contributed by atoms with van der Waals surface area (Å²) in [5.41, 5.74) is 1.69. The minimum Gasteiger partial charge on any atom is -0.348 e. The van der Waals surface area contributed by atoms with Crippen LogP contribution in [0.25, 0.3) is 10.2 Å². The van der Waals surface area contributed by atoms with E-state index < -0.39 is 0 Å². The molecule has 2 amide bonds. The Bertz CT molecular complexity index is 903. The van der Waals surface area contributed by atoms with E-state index in [1.54, 1.807) is 23.5 Å². The lowest BCUT2D eigenvalue weighted by Gasteiger charge is -2.31. The zero-order valence-electron chi connectivity index (χ0n) is 14.8. The van der Waals surface area contributed by atoms with Crippen molar-refractivity contribution in [1.82, 2.24) is 10.3 Å². The van der Waals surface area contributed by atoms with Gasteiger partial charge in [-0.2, -0.15) is 0 Å². The summed E-state index contributed by atoms with van der Waals surface area (Å²) in [6, 6.07) is 15.3. The van der Waals surface area contributed by atoms with Gasteiger partial charge in [-0.3, -0.25) is 0 Å². The molecule has 2 heterocycles. The number of para-hydroxylation sites is 2. The van der Waals surface area contributed by atoms with E-state index in [-0.39, 0.29) is 6.03 Å². The van der Waals surface area contributed by atoms with Gasteiger partial charge in [0.25, 0.3) is 0 Å². The molecule has 5 nitrogen and oxygen atoms in total. The van der Waals surface area contributed by atoms with E-state index in [0.717, 1.165) is 36.6 Å². The summed E-state index contributed by atoms with van der Waals surface area (Å²) >= 11 is 7.82. The molecule has 1 saturated heterocycles. The molecule has 0 aliphatic carbocycles. The van der Waals surface area contributed by atoms with Crippen LogP contribution >= 0.6 is 22.9 Å². The molecule has 0 unspecified atom stereocenters. The molecule has 1 aliphatic heterocycles. The Morgan fingerprint density at radius 3 is 2.67 bits per heavy atom. The number of anilines is 2. The summed E-state index contributed by atoms with van der Waals surface area (Å²) in [5.74, 6) is 0.479. The quantitative estimate of drug-likeness (QED) is 0.648. The fraction of sp³-hybridized carbons (Fsp3) is 0.300. The number of aromatic nitrogens is 1. The van der Waals surface area contributed by atoms with Gasteiger partial charge in [0.1, 0.15) is 0 Å². The molecule has 1 aliphatic rings. The number of fused-ring (bicyclic) bond motifs is 1. The molecule has 3 aromatic rings. The van der Waals surface area contributed by atoms with Gasteiger partial charge in [0.15, 0.2) is 5.13 Å². The van der Waals surface area contributed by atoms with Crippen LogP contribution in [0.5, 0.6) is 0 Å². The van der Waals surface area contributed by atoms with E-state index in [9.17, 15) is 4.79 Å². The van der Waals surface area contributed by atoms with Crippen LogP contribution in [-0.4, -0.2) is 30.6 Å². The first-order valence-electron chi connectivity index (χ1n) is 9.09. The second kappa shape index (κ2) is 8.15. The van der Waals surface area contributed by atoms with Crippen molar-refractivity contribution in [1.29, 1.82) is 0 Å². The third-order valence-electron chi connectivity index (χ3n) is 4.84. The maximum Gasteiger partial charge on any atom is 0.319 e. The lowest BCUT2D eigenvalue weighted by molar-refractivity contribution is 0.248. The standard InChI is InChI=1S/C20H21ClN4OS/c21-15-5-1-2-6-16(15)23-19(26)22-13-14-9-11-25(12-10-14)20-24-17-7-3-4-8-18(17)27-20/h1-8,14H,9-13H2,(H2,22,23,26). The van der Waals surface area contributed by atoms with E-state index >= 15 is 0 Å². The van der Waals surface area contributed by atoms with E-state index in [1.165, 1.54) is 4.70 Å². The van der Waals surface area contributed by atoms with Gasteiger partial charge in [-0.1, -0.05) is 47.2 Å². The van der Waals surface area contributed by atoms with Gasteiger partial charge in [-0.15, -0.1) is 0 Å². The highest BCUT2D eigenvalue weighted by atomic mass is 35.5. The van der Waals surface area contributed by atoms with Crippen LogP contribution < -0.4 is 15.5 Å². The highest BCUT2D eigenvalue weighted by Crippen LogP contribution is 2.31. The van der Waals surface area contributed by atoms with Crippen LogP contribution in [0.15, 0.2) is 48.5 Å². The van der Waals surface area contributed by atoms with Gasteiger partial charge < -0.3 is 15.5 Å². The van der Waals surface area contributed by atoms with Gasteiger partial charge in [0.05, 0.1) is 20.9 Å². The molecular weight excluding hydrogens is 380 g/mol. The Kier molecular flexibility index (Phi) is 5.45. The Labute approximate surface area is 167 Å². The zero-order valence-corrected chi connectivity index (χ0v) is 16.4. The fourth-order valence-corrected chi connectivity index (χ4v) is 4.49. The molecule has 4 rings (SSSR count). The second-order valence-corrected chi connectivity index (χ2v) is 8.13. The molecule has 2 aromatic carbocycles. The predicted octanol–water partition coefficient (Wildman–Crippen LogP) is 4.99. The van der Waals surface area contributed by atoms with E-state index in [4.69, 9.17) is 16.6 Å². The molecule has 7 heteroatoms. The second-order valence-electron chi connectivity index (χ2n) is 6.71. The summed E-state index contributed by atoms with van der Waals surface area (Å²) in [6.07, 6.45) is 2.09. The van der Waals surface area contributed by atoms with Crippen molar-refractivity contribution in [2.75, 3.05) is 29.9 Å². The van der Waals surface area contributed by atoms with Crippen LogP contribution in [0.3, 0.4) is 0 Å². The van der Waals surface area contributed by atoms with E-state index in [1.807, 2.05) is 18.2 Å². The van der Waals surface area contributed by atoms with Crippen molar-refractivity contribution in [2.24, 2.45) is 5.92 Å². The van der Waals surface area contributed by atoms with Crippen molar-refractivity contribution in [3.63, 3.8) is 0 Å². The number of piperidine rings is 1. The first-order valence-corrected chi connectivity index (χ1v) is 10.3. The number of carbonyl (C=O) groups excluding carboxylic acids is 1. The molecule has 27 heavy (non-hydrogen) atoms. The Morgan fingerprint density at radius 1 is 1.15 bits per heavy atom. The number of halogens is 1. The number of urea groups is 1. The van der Waals surface area contributed by atoms with Crippen molar-refractivity contribution in [2.45, 2.75) is 12.8 Å². The number of carbonyl (C=O) groups is 1. The van der Waals surface area contributed by atoms with Gasteiger partial charge in [0, 0.05) is 19.6 Å². The molecule has 1 fully saturated rings. The number of hydrogen-bond donors (Lipinski definition) is 2. The minimum atomic E-state index is -0.211. The lowest BCUT2D eigenvalue weighted by Crippen LogP contribution is -2.39. The number of benzene rings is 2. The van der Waals surface area contributed by atoms with Crippen molar-refractivity contribution in [3.8, 4) is 0 Å². The third kappa shape index (κ3) is 4.34. The zero-order chi connectivity index (χ0) is 18.6. The lowest BCUT2D eigenvalue weighted by atomic mass is 9.97. The largest absolute Gasteiger partial charge is 0.348 e. The Hall–Kier alpha value is -2.31. The maximum atomic E-state index is 12.1. The molecule has 0 radical (unpaired) electrons. The van der Waals surface area contributed by atoms with Crippen LogP contribution in [0.1, 0.15) is 12.8 Å². The molecular formula is C20H21ClN4OS. The summed E-state index contributed by atoms with van der Waals surface area (Å²) in [7, 11) is 0.